The van der Waals surface area contributed by atoms with E-state index in [1.165, 1.54) is 17.7 Å². The summed E-state index contributed by atoms with van der Waals surface area (Å²) >= 11 is 6.26. The predicted octanol–water partition coefficient (Wildman–Crippen LogP) is 3.76. The lowest BCUT2D eigenvalue weighted by atomic mass is 9.88. The molecule has 0 aliphatic heterocycles. The molecule has 0 unspecified atom stereocenters. The van der Waals surface area contributed by atoms with Gasteiger partial charge < -0.3 is 0 Å². The van der Waals surface area contributed by atoms with Crippen molar-refractivity contribution in [2.24, 2.45) is 0 Å². The first kappa shape index (κ1) is 13.5. The summed E-state index contributed by atoms with van der Waals surface area (Å²) in [6.45, 7) is 0. The number of nitrogens with zero attached hydrogens (tertiary/aromatic N) is 4. The quantitative estimate of drug-likeness (QED) is 0.686. The lowest BCUT2D eigenvalue weighted by molar-refractivity contribution is 0.628. The first-order valence-corrected chi connectivity index (χ1v) is 7.58. The molecule has 0 N–H and O–H groups in total. The number of aryl methyl sites for hydroxylation is 1. The van der Waals surface area contributed by atoms with Crippen molar-refractivity contribution >= 4 is 22.6 Å². The van der Waals surface area contributed by atoms with E-state index >= 15 is 0 Å². The highest BCUT2D eigenvalue weighted by Gasteiger charge is 2.22. The number of rotatable bonds is 1. The van der Waals surface area contributed by atoms with Crippen molar-refractivity contribution in [2.75, 3.05) is 0 Å². The summed E-state index contributed by atoms with van der Waals surface area (Å²) in [5, 5.41) is 12.5. The minimum atomic E-state index is -0.264. The van der Waals surface area contributed by atoms with Gasteiger partial charge in [-0.3, -0.25) is 0 Å². The molecule has 0 radical (unpaired) electrons. The fourth-order valence-corrected chi connectivity index (χ4v) is 3.30. The Labute approximate surface area is 131 Å². The van der Waals surface area contributed by atoms with Crippen LogP contribution in [0.2, 0.25) is 5.15 Å². The van der Waals surface area contributed by atoms with Crippen molar-refractivity contribution < 1.29 is 4.39 Å². The van der Waals surface area contributed by atoms with Gasteiger partial charge in [0.05, 0.1) is 5.39 Å². The summed E-state index contributed by atoms with van der Waals surface area (Å²) in [4.78, 5) is 4.61. The Morgan fingerprint density at radius 3 is 2.59 bits per heavy atom. The minimum absolute atomic E-state index is 0.264. The number of hydrogen-bond acceptors (Lipinski definition) is 4. The van der Waals surface area contributed by atoms with Crippen molar-refractivity contribution in [2.45, 2.75) is 25.7 Å². The molecule has 110 valence electrons. The first-order chi connectivity index (χ1) is 10.7. The SMILES string of the molecule is Fc1ccc(-c2c3c(nc4nnnc(Cl)c24)CCCC3)cc1. The van der Waals surface area contributed by atoms with Crippen LogP contribution >= 0.6 is 11.6 Å². The van der Waals surface area contributed by atoms with E-state index < -0.39 is 0 Å². The van der Waals surface area contributed by atoms with Gasteiger partial charge in [0, 0.05) is 11.3 Å². The smallest absolute Gasteiger partial charge is 0.187 e. The van der Waals surface area contributed by atoms with Crippen LogP contribution < -0.4 is 0 Å². The molecule has 0 saturated heterocycles. The Hall–Kier alpha value is -2.14. The highest BCUT2D eigenvalue weighted by atomic mass is 35.5. The molecule has 0 spiro atoms. The van der Waals surface area contributed by atoms with Gasteiger partial charge in [0.1, 0.15) is 5.82 Å². The molecule has 22 heavy (non-hydrogen) atoms. The van der Waals surface area contributed by atoms with Crippen molar-refractivity contribution in [1.29, 1.82) is 0 Å². The molecule has 2 heterocycles. The van der Waals surface area contributed by atoms with Gasteiger partial charge in [-0.05, 0) is 54.2 Å². The molecule has 6 heteroatoms. The Bertz CT molecular complexity index is 864. The number of hydrogen-bond donors (Lipinski definition) is 0. The number of aromatic nitrogens is 4. The fourth-order valence-electron chi connectivity index (χ4n) is 3.09. The van der Waals surface area contributed by atoms with Crippen LogP contribution in [0.5, 0.6) is 0 Å². The van der Waals surface area contributed by atoms with E-state index in [-0.39, 0.29) is 11.0 Å². The molecule has 0 atom stereocenters. The fraction of sp³-hybridized carbons (Fsp3) is 0.250. The highest BCUT2D eigenvalue weighted by molar-refractivity contribution is 6.35. The van der Waals surface area contributed by atoms with E-state index in [4.69, 9.17) is 11.6 Å². The number of fused-ring (bicyclic) bond motifs is 2. The zero-order valence-corrected chi connectivity index (χ0v) is 12.4. The van der Waals surface area contributed by atoms with Crippen molar-refractivity contribution in [1.82, 2.24) is 20.4 Å². The zero-order valence-electron chi connectivity index (χ0n) is 11.7. The van der Waals surface area contributed by atoms with Gasteiger partial charge in [-0.2, -0.15) is 0 Å². The third kappa shape index (κ3) is 2.13. The number of halogens is 2. The third-order valence-corrected chi connectivity index (χ3v) is 4.33. The van der Waals surface area contributed by atoms with E-state index in [0.717, 1.165) is 42.5 Å². The Morgan fingerprint density at radius 1 is 1.00 bits per heavy atom. The van der Waals surface area contributed by atoms with Crippen molar-refractivity contribution in [3.63, 3.8) is 0 Å². The van der Waals surface area contributed by atoms with Crippen LogP contribution in [0.15, 0.2) is 24.3 Å². The van der Waals surface area contributed by atoms with Gasteiger partial charge in [0.15, 0.2) is 10.8 Å². The normalized spacial score (nSPS) is 14.1. The second kappa shape index (κ2) is 5.25. The predicted molar refractivity (Wildman–Crippen MR) is 82.2 cm³/mol. The van der Waals surface area contributed by atoms with E-state index in [1.54, 1.807) is 12.1 Å². The second-order valence-electron chi connectivity index (χ2n) is 5.40. The molecule has 3 aromatic rings. The van der Waals surface area contributed by atoms with Gasteiger partial charge in [0.25, 0.3) is 0 Å². The summed E-state index contributed by atoms with van der Waals surface area (Å²) in [5.41, 5.74) is 4.58. The van der Waals surface area contributed by atoms with Crippen LogP contribution in [0.3, 0.4) is 0 Å². The lowest BCUT2D eigenvalue weighted by Crippen LogP contribution is -2.09. The lowest BCUT2D eigenvalue weighted by Gasteiger charge is -2.20. The second-order valence-corrected chi connectivity index (χ2v) is 5.76. The van der Waals surface area contributed by atoms with E-state index in [9.17, 15) is 4.39 Å². The van der Waals surface area contributed by atoms with Crippen LogP contribution in [-0.4, -0.2) is 20.4 Å². The topological polar surface area (TPSA) is 51.6 Å². The summed E-state index contributed by atoms with van der Waals surface area (Å²) in [5.74, 6) is -0.264. The van der Waals surface area contributed by atoms with E-state index in [0.29, 0.717) is 11.0 Å². The Morgan fingerprint density at radius 2 is 1.77 bits per heavy atom. The maximum atomic E-state index is 13.3. The Balaban J connectivity index is 2.11. The molecule has 0 amide bonds. The molecular weight excluding hydrogens is 303 g/mol. The summed E-state index contributed by atoms with van der Waals surface area (Å²) in [6, 6.07) is 6.42. The van der Waals surface area contributed by atoms with E-state index in [1.807, 2.05) is 0 Å². The molecule has 0 bridgehead atoms. The molecule has 4 rings (SSSR count). The summed E-state index contributed by atoms with van der Waals surface area (Å²) in [6.07, 6.45) is 4.07. The van der Waals surface area contributed by atoms with Gasteiger partial charge in [-0.1, -0.05) is 23.7 Å². The van der Waals surface area contributed by atoms with Gasteiger partial charge in [0.2, 0.25) is 0 Å². The number of pyridine rings is 1. The molecule has 0 fully saturated rings. The zero-order chi connectivity index (χ0) is 15.1. The van der Waals surface area contributed by atoms with Crippen LogP contribution in [0, 0.1) is 5.82 Å². The molecule has 0 saturated carbocycles. The maximum absolute atomic E-state index is 13.3. The average Bonchev–Trinajstić information content (AvgIpc) is 2.54. The average molecular weight is 315 g/mol. The molecule has 4 nitrogen and oxygen atoms in total. The molecule has 1 aliphatic carbocycles. The van der Waals surface area contributed by atoms with Gasteiger partial charge >= 0.3 is 0 Å². The number of benzene rings is 1. The molecular formula is C16H12ClFN4. The molecule has 1 aromatic carbocycles. The van der Waals surface area contributed by atoms with Crippen LogP contribution in [0.1, 0.15) is 24.1 Å². The molecule has 2 aromatic heterocycles. The van der Waals surface area contributed by atoms with Crippen molar-refractivity contribution in [3.05, 3.63) is 46.5 Å². The first-order valence-electron chi connectivity index (χ1n) is 7.20. The molecule has 1 aliphatic rings. The van der Waals surface area contributed by atoms with Crippen LogP contribution in [0.25, 0.3) is 22.2 Å². The van der Waals surface area contributed by atoms with Gasteiger partial charge in [-0.15, -0.1) is 10.2 Å². The highest BCUT2D eigenvalue weighted by Crippen LogP contribution is 2.38. The monoisotopic (exact) mass is 314 g/mol. The van der Waals surface area contributed by atoms with Crippen LogP contribution in [0.4, 0.5) is 4.39 Å². The largest absolute Gasteiger partial charge is 0.231 e. The third-order valence-electron chi connectivity index (χ3n) is 4.07. The van der Waals surface area contributed by atoms with Gasteiger partial charge in [-0.25, -0.2) is 9.37 Å². The van der Waals surface area contributed by atoms with E-state index in [2.05, 4.69) is 20.4 Å². The summed E-state index contributed by atoms with van der Waals surface area (Å²) in [7, 11) is 0. The Kier molecular flexibility index (Phi) is 3.22. The minimum Gasteiger partial charge on any atom is -0.231 e. The summed E-state index contributed by atoms with van der Waals surface area (Å²) < 4.78 is 13.3. The maximum Gasteiger partial charge on any atom is 0.187 e. The standard InChI is InChI=1S/C16H12ClFN4/c17-15-14-13(9-5-7-10(18)8-6-9)11-3-1-2-4-12(11)19-16(14)21-22-20-15/h5-8H,1-4H2. The van der Waals surface area contributed by atoms with Crippen LogP contribution in [-0.2, 0) is 12.8 Å². The van der Waals surface area contributed by atoms with Crippen molar-refractivity contribution in [3.8, 4) is 11.1 Å².